The summed E-state index contributed by atoms with van der Waals surface area (Å²) in [5.74, 6) is 0. The van der Waals surface area contributed by atoms with Crippen molar-refractivity contribution in [2.24, 2.45) is 0 Å². The third-order valence-electron chi connectivity index (χ3n) is 4.25. The standard InChI is InChI=1S/C16H17N3O6S2/c1-26(23)15-17-13-9-18(16(21)22)8-7-12(13)14(20)19(15)10-3-5-11(6-4-10)27(2,24)25/h3-6H,7-9H2,1-2H3,(H,21,22). The first kappa shape index (κ1) is 19.4. The fourth-order valence-electron chi connectivity index (χ4n) is 2.89. The number of fused-ring (bicyclic) bond motifs is 1. The molecule has 0 fully saturated rings. The normalized spacial score (nSPS) is 15.3. The van der Waals surface area contributed by atoms with Gasteiger partial charge in [0.05, 0.1) is 22.8 Å². The monoisotopic (exact) mass is 411 g/mol. The third kappa shape index (κ3) is 3.70. The molecule has 1 atom stereocenters. The lowest BCUT2D eigenvalue weighted by Gasteiger charge is -2.26. The van der Waals surface area contributed by atoms with Gasteiger partial charge in [0.15, 0.2) is 9.84 Å². The van der Waals surface area contributed by atoms with Gasteiger partial charge in [-0.15, -0.1) is 0 Å². The molecular weight excluding hydrogens is 394 g/mol. The van der Waals surface area contributed by atoms with Gasteiger partial charge in [0.2, 0.25) is 0 Å². The van der Waals surface area contributed by atoms with Crippen molar-refractivity contribution < 1.29 is 22.9 Å². The van der Waals surface area contributed by atoms with Crippen molar-refractivity contribution >= 4 is 27.1 Å². The van der Waals surface area contributed by atoms with E-state index in [-0.39, 0.29) is 29.6 Å². The van der Waals surface area contributed by atoms with Crippen LogP contribution in [0.15, 0.2) is 39.1 Å². The van der Waals surface area contributed by atoms with E-state index in [9.17, 15) is 22.6 Å². The number of amides is 1. The van der Waals surface area contributed by atoms with Crippen molar-refractivity contribution in [1.29, 1.82) is 0 Å². The minimum Gasteiger partial charge on any atom is -0.609 e. The first-order valence-corrected chi connectivity index (χ1v) is 11.3. The van der Waals surface area contributed by atoms with Gasteiger partial charge < -0.3 is 14.6 Å². The molecule has 27 heavy (non-hydrogen) atoms. The minimum atomic E-state index is -3.39. The maximum Gasteiger partial charge on any atom is 0.407 e. The highest BCUT2D eigenvalue weighted by Gasteiger charge is 2.29. The molecule has 1 unspecified atom stereocenters. The zero-order valence-electron chi connectivity index (χ0n) is 14.6. The highest BCUT2D eigenvalue weighted by atomic mass is 32.2. The Morgan fingerprint density at radius 3 is 2.44 bits per heavy atom. The number of benzene rings is 1. The van der Waals surface area contributed by atoms with Crippen molar-refractivity contribution in [2.75, 3.05) is 19.1 Å². The van der Waals surface area contributed by atoms with Crippen molar-refractivity contribution in [3.05, 3.63) is 45.9 Å². The van der Waals surface area contributed by atoms with Gasteiger partial charge in [-0.3, -0.25) is 4.79 Å². The van der Waals surface area contributed by atoms with Crippen LogP contribution in [0, 0.1) is 0 Å². The van der Waals surface area contributed by atoms with E-state index in [2.05, 4.69) is 4.98 Å². The van der Waals surface area contributed by atoms with Crippen LogP contribution in [-0.2, 0) is 34.0 Å². The molecule has 1 aliphatic rings. The Kier molecular flexibility index (Phi) is 5.02. The van der Waals surface area contributed by atoms with Crippen LogP contribution in [0.25, 0.3) is 5.69 Å². The van der Waals surface area contributed by atoms with Crippen LogP contribution < -0.4 is 5.56 Å². The van der Waals surface area contributed by atoms with E-state index < -0.39 is 32.7 Å². The van der Waals surface area contributed by atoms with Crippen LogP contribution in [0.4, 0.5) is 4.79 Å². The number of hydrogen-bond donors (Lipinski definition) is 1. The van der Waals surface area contributed by atoms with E-state index in [4.69, 9.17) is 5.11 Å². The average molecular weight is 411 g/mol. The molecular formula is C16H17N3O6S2. The van der Waals surface area contributed by atoms with Crippen LogP contribution in [0.2, 0.25) is 0 Å². The predicted molar refractivity (Wildman–Crippen MR) is 97.4 cm³/mol. The summed E-state index contributed by atoms with van der Waals surface area (Å²) in [5, 5.41) is 9.13. The van der Waals surface area contributed by atoms with Gasteiger partial charge in [-0.25, -0.2) is 17.8 Å². The topological polar surface area (TPSA) is 133 Å². The highest BCUT2D eigenvalue weighted by Crippen LogP contribution is 2.20. The van der Waals surface area contributed by atoms with Gasteiger partial charge in [0.25, 0.3) is 5.56 Å². The predicted octanol–water partition coefficient (Wildman–Crippen LogP) is 0.409. The van der Waals surface area contributed by atoms with Crippen molar-refractivity contribution in [1.82, 2.24) is 14.5 Å². The maximum absolute atomic E-state index is 13.0. The molecule has 9 nitrogen and oxygen atoms in total. The highest BCUT2D eigenvalue weighted by molar-refractivity contribution is 7.90. The molecule has 0 saturated heterocycles. The van der Waals surface area contributed by atoms with Gasteiger partial charge in [0, 0.05) is 29.5 Å². The first-order chi connectivity index (χ1) is 12.6. The second kappa shape index (κ2) is 6.98. The molecule has 1 aromatic carbocycles. The number of carboxylic acid groups (broad SMARTS) is 1. The number of sulfone groups is 1. The molecule has 11 heteroatoms. The molecule has 0 radical (unpaired) electrons. The summed E-state index contributed by atoms with van der Waals surface area (Å²) < 4.78 is 36.6. The molecule has 144 valence electrons. The zero-order valence-corrected chi connectivity index (χ0v) is 16.2. The number of rotatable bonds is 3. The van der Waals surface area contributed by atoms with E-state index in [0.717, 1.165) is 11.2 Å². The largest absolute Gasteiger partial charge is 0.609 e. The van der Waals surface area contributed by atoms with Crippen LogP contribution in [0.1, 0.15) is 11.3 Å². The average Bonchev–Trinajstić information content (AvgIpc) is 2.60. The smallest absolute Gasteiger partial charge is 0.407 e. The molecule has 0 aliphatic carbocycles. The second-order valence-electron chi connectivity index (χ2n) is 6.13. The van der Waals surface area contributed by atoms with Crippen molar-refractivity contribution in [3.8, 4) is 5.69 Å². The van der Waals surface area contributed by atoms with Gasteiger partial charge in [-0.05, 0) is 30.7 Å². The Labute approximate surface area is 158 Å². The number of nitrogens with zero attached hydrogens (tertiary/aromatic N) is 3. The molecule has 1 aromatic heterocycles. The zero-order chi connectivity index (χ0) is 19.9. The Bertz CT molecular complexity index is 1060. The van der Waals surface area contributed by atoms with Crippen LogP contribution >= 0.6 is 0 Å². The van der Waals surface area contributed by atoms with Gasteiger partial charge >= 0.3 is 11.2 Å². The van der Waals surface area contributed by atoms with Gasteiger partial charge in [0.1, 0.15) is 6.26 Å². The molecule has 0 saturated carbocycles. The quantitative estimate of drug-likeness (QED) is 0.571. The molecule has 1 N–H and O–H groups in total. The lowest BCUT2D eigenvalue weighted by atomic mass is 10.1. The van der Waals surface area contributed by atoms with Gasteiger partial charge in [-0.1, -0.05) is 0 Å². The van der Waals surface area contributed by atoms with E-state index in [1.165, 1.54) is 35.1 Å². The Hall–Kier alpha value is -2.37. The van der Waals surface area contributed by atoms with Gasteiger partial charge in [-0.2, -0.15) is 4.98 Å². The molecule has 3 rings (SSSR count). The summed E-state index contributed by atoms with van der Waals surface area (Å²) in [6.07, 6.45) is 1.54. The van der Waals surface area contributed by atoms with Crippen molar-refractivity contribution in [3.63, 3.8) is 0 Å². The fraction of sp³-hybridized carbons (Fsp3) is 0.312. The summed E-state index contributed by atoms with van der Waals surface area (Å²) in [5.41, 5.74) is 0.577. The number of aromatic nitrogens is 2. The molecule has 0 bridgehead atoms. The van der Waals surface area contributed by atoms with Crippen LogP contribution in [0.3, 0.4) is 0 Å². The van der Waals surface area contributed by atoms with E-state index in [1.807, 2.05) is 0 Å². The third-order valence-corrected chi connectivity index (χ3v) is 6.17. The van der Waals surface area contributed by atoms with Crippen molar-refractivity contribution in [2.45, 2.75) is 23.0 Å². The van der Waals surface area contributed by atoms with Crippen LogP contribution in [-0.4, -0.2) is 57.7 Å². The number of carbonyl (C=O) groups is 1. The summed E-state index contributed by atoms with van der Waals surface area (Å²) >= 11 is -1.63. The minimum absolute atomic E-state index is 0.0157. The molecule has 1 aliphatic heterocycles. The summed E-state index contributed by atoms with van der Waals surface area (Å²) in [7, 11) is -3.39. The van der Waals surface area contributed by atoms with E-state index in [1.54, 1.807) is 0 Å². The SMILES string of the molecule is C[S+]([O-])c1nc2c(c(=O)n1-c1ccc(S(C)(=O)=O)cc1)CCN(C(=O)O)C2. The first-order valence-electron chi connectivity index (χ1n) is 7.86. The lowest BCUT2D eigenvalue weighted by Crippen LogP contribution is -2.40. The molecule has 2 heterocycles. The van der Waals surface area contributed by atoms with E-state index in [0.29, 0.717) is 16.9 Å². The maximum atomic E-state index is 13.0. The lowest BCUT2D eigenvalue weighted by molar-refractivity contribution is 0.138. The Morgan fingerprint density at radius 1 is 1.30 bits per heavy atom. The molecule has 1 amide bonds. The molecule has 0 spiro atoms. The summed E-state index contributed by atoms with van der Waals surface area (Å²) in [6, 6.07) is 5.64. The Balaban J connectivity index is 2.16. The second-order valence-corrected chi connectivity index (χ2v) is 9.42. The Morgan fingerprint density at radius 2 is 1.93 bits per heavy atom. The number of hydrogen-bond acceptors (Lipinski definition) is 6. The summed E-state index contributed by atoms with van der Waals surface area (Å²) in [4.78, 5) is 29.7. The summed E-state index contributed by atoms with van der Waals surface area (Å²) in [6.45, 7) is 0.124. The van der Waals surface area contributed by atoms with Crippen LogP contribution in [0.5, 0.6) is 0 Å². The fourth-order valence-corrected chi connectivity index (χ4v) is 4.21. The molecule has 2 aromatic rings. The van der Waals surface area contributed by atoms with E-state index >= 15 is 0 Å².